The largest absolute Gasteiger partial charge is 0.452 e. The first-order chi connectivity index (χ1) is 5.42. The van der Waals surface area contributed by atoms with Crippen molar-refractivity contribution in [3.05, 3.63) is 0 Å². The van der Waals surface area contributed by atoms with Crippen LogP contribution in [0, 0.1) is 0 Å². The summed E-state index contributed by atoms with van der Waals surface area (Å²) in [7, 11) is -2.24. The maximum absolute atomic E-state index is 11.2. The summed E-state index contributed by atoms with van der Waals surface area (Å²) in [5, 5.41) is -0.489. The molecule has 1 fully saturated rings. The Morgan fingerprint density at radius 1 is 1.42 bits per heavy atom. The molecule has 6 heteroatoms. The molecule has 0 N–H and O–H groups in total. The van der Waals surface area contributed by atoms with Crippen LogP contribution < -0.4 is 0 Å². The third-order valence-electron chi connectivity index (χ3n) is 2.15. The van der Waals surface area contributed by atoms with Gasteiger partial charge in [-0.2, -0.15) is 4.31 Å². The number of ether oxygens (including phenoxy) is 1. The number of carbonyl (C=O) groups excluding carboxylic acids is 1. The lowest BCUT2D eigenvalue weighted by Crippen LogP contribution is -2.63. The molecule has 1 rings (SSSR count). The first-order valence-electron chi connectivity index (χ1n) is 3.54. The number of nitrogens with zero attached hydrogens (tertiary/aromatic N) is 1. The van der Waals surface area contributed by atoms with E-state index in [2.05, 4.69) is 4.74 Å². The van der Waals surface area contributed by atoms with Crippen LogP contribution in [0.2, 0.25) is 0 Å². The van der Waals surface area contributed by atoms with Crippen LogP contribution in [0.15, 0.2) is 0 Å². The number of amides is 1. The molecule has 0 aliphatic carbocycles. The summed E-state index contributed by atoms with van der Waals surface area (Å²) >= 11 is 0. The van der Waals surface area contributed by atoms with Crippen LogP contribution in [0.25, 0.3) is 0 Å². The highest BCUT2D eigenvalue weighted by Crippen LogP contribution is 2.29. The lowest BCUT2D eigenvalue weighted by atomic mass is 10.2. The van der Waals surface area contributed by atoms with E-state index in [4.69, 9.17) is 0 Å². The van der Waals surface area contributed by atoms with Crippen LogP contribution in [0.3, 0.4) is 0 Å². The van der Waals surface area contributed by atoms with Gasteiger partial charge in [-0.3, -0.25) is 0 Å². The van der Waals surface area contributed by atoms with Crippen molar-refractivity contribution in [3.8, 4) is 0 Å². The van der Waals surface area contributed by atoms with E-state index in [1.54, 1.807) is 13.8 Å². The second-order valence-electron chi connectivity index (χ2n) is 2.76. The molecule has 0 aromatic rings. The molecule has 1 heterocycles. The van der Waals surface area contributed by atoms with E-state index in [1.807, 2.05) is 0 Å². The lowest BCUT2D eigenvalue weighted by Gasteiger charge is -2.41. The van der Waals surface area contributed by atoms with Crippen molar-refractivity contribution >= 4 is 16.1 Å². The molecule has 0 unspecified atom stereocenters. The molecule has 12 heavy (non-hydrogen) atoms. The zero-order chi connectivity index (χ0) is 9.52. The van der Waals surface area contributed by atoms with Crippen molar-refractivity contribution in [2.45, 2.75) is 25.1 Å². The van der Waals surface area contributed by atoms with Crippen molar-refractivity contribution in [1.82, 2.24) is 4.31 Å². The van der Waals surface area contributed by atoms with Gasteiger partial charge in [0.05, 0.1) is 18.4 Å². The van der Waals surface area contributed by atoms with Gasteiger partial charge >= 0.3 is 6.09 Å². The summed E-state index contributed by atoms with van der Waals surface area (Å²) in [6, 6.07) is -0.289. The summed E-state index contributed by atoms with van der Waals surface area (Å²) in [6.45, 7) is 3.24. The molecule has 1 saturated heterocycles. The van der Waals surface area contributed by atoms with E-state index in [0.717, 1.165) is 11.4 Å². The Kier molecular flexibility index (Phi) is 2.03. The Morgan fingerprint density at radius 2 is 1.92 bits per heavy atom. The van der Waals surface area contributed by atoms with Gasteiger partial charge in [0.15, 0.2) is 0 Å². The fourth-order valence-electron chi connectivity index (χ4n) is 1.15. The second kappa shape index (κ2) is 2.62. The third-order valence-corrected chi connectivity index (χ3v) is 4.51. The van der Waals surface area contributed by atoms with Crippen molar-refractivity contribution in [1.29, 1.82) is 0 Å². The quantitative estimate of drug-likeness (QED) is 0.550. The highest BCUT2D eigenvalue weighted by Gasteiger charge is 2.51. The van der Waals surface area contributed by atoms with Gasteiger partial charge in [-0.15, -0.1) is 0 Å². The number of sulfonamides is 1. The highest BCUT2D eigenvalue weighted by atomic mass is 32.2. The molecule has 0 radical (unpaired) electrons. The van der Waals surface area contributed by atoms with E-state index in [-0.39, 0.29) is 6.04 Å². The molecule has 0 aromatic carbocycles. The molecule has 70 valence electrons. The Balaban J connectivity index is 2.89. The summed E-state index contributed by atoms with van der Waals surface area (Å²) < 4.78 is 27.4. The number of carbonyl (C=O) groups is 1. The van der Waals surface area contributed by atoms with Crippen LogP contribution in [0.1, 0.15) is 13.8 Å². The van der Waals surface area contributed by atoms with Gasteiger partial charge < -0.3 is 4.74 Å². The highest BCUT2D eigenvalue weighted by molar-refractivity contribution is 7.91. The Labute approximate surface area is 71.4 Å². The maximum atomic E-state index is 11.2. The number of hydrogen-bond acceptors (Lipinski definition) is 4. The molecule has 1 aliphatic heterocycles. The Bertz CT molecular complexity index is 297. The fourth-order valence-corrected chi connectivity index (χ4v) is 2.86. The Hall–Kier alpha value is -0.780. The maximum Gasteiger partial charge on any atom is 0.423 e. The molecular formula is C6H11NO4S. The van der Waals surface area contributed by atoms with Crippen LogP contribution in [0.4, 0.5) is 4.79 Å². The van der Waals surface area contributed by atoms with Gasteiger partial charge in [-0.05, 0) is 13.8 Å². The summed E-state index contributed by atoms with van der Waals surface area (Å²) in [5.41, 5.74) is 0. The SMILES string of the molecule is COC(=O)N1[C@H](C)[C@@H](C)S1(=O)=O. The normalized spacial score (nSPS) is 32.4. The standard InChI is InChI=1S/C6H11NO4S/c1-4-5(2)12(9,10)7(4)6(8)11-3/h4-5H,1-3H3/t4-,5-/m1/s1. The van der Waals surface area contributed by atoms with Crippen LogP contribution in [0.5, 0.6) is 0 Å². The smallest absolute Gasteiger partial charge is 0.423 e. The van der Waals surface area contributed by atoms with E-state index in [1.165, 1.54) is 0 Å². The second-order valence-corrected chi connectivity index (χ2v) is 4.92. The van der Waals surface area contributed by atoms with E-state index < -0.39 is 21.4 Å². The van der Waals surface area contributed by atoms with Crippen LogP contribution >= 0.6 is 0 Å². The minimum absolute atomic E-state index is 0.289. The minimum Gasteiger partial charge on any atom is -0.452 e. The van der Waals surface area contributed by atoms with Crippen LogP contribution in [-0.2, 0) is 14.8 Å². The average Bonchev–Trinajstić information content (AvgIpc) is 2.03. The zero-order valence-electron chi connectivity index (χ0n) is 7.14. The third kappa shape index (κ3) is 0.979. The number of hydrogen-bond donors (Lipinski definition) is 0. The lowest BCUT2D eigenvalue weighted by molar-refractivity contribution is 0.130. The van der Waals surface area contributed by atoms with E-state index in [9.17, 15) is 13.2 Å². The van der Waals surface area contributed by atoms with Crippen molar-refractivity contribution in [2.75, 3.05) is 7.11 Å². The van der Waals surface area contributed by atoms with Gasteiger partial charge in [0.2, 0.25) is 10.0 Å². The summed E-state index contributed by atoms with van der Waals surface area (Å²) in [4.78, 5) is 10.9. The predicted octanol–water partition coefficient (Wildman–Crippen LogP) is 0.175. The fraction of sp³-hybridized carbons (Fsp3) is 0.833. The number of methoxy groups -OCH3 is 1. The molecule has 0 aromatic heterocycles. The van der Waals surface area contributed by atoms with Crippen molar-refractivity contribution < 1.29 is 17.9 Å². The first-order valence-corrected chi connectivity index (χ1v) is 5.04. The monoisotopic (exact) mass is 193 g/mol. The summed E-state index contributed by atoms with van der Waals surface area (Å²) in [5.74, 6) is 0. The number of rotatable bonds is 0. The van der Waals surface area contributed by atoms with Crippen molar-refractivity contribution in [3.63, 3.8) is 0 Å². The van der Waals surface area contributed by atoms with Gasteiger partial charge in [-0.1, -0.05) is 0 Å². The Morgan fingerprint density at radius 3 is 2.25 bits per heavy atom. The van der Waals surface area contributed by atoms with Crippen molar-refractivity contribution in [2.24, 2.45) is 0 Å². The van der Waals surface area contributed by atoms with Gasteiger partial charge in [0, 0.05) is 0 Å². The predicted molar refractivity (Wildman–Crippen MR) is 42.1 cm³/mol. The topological polar surface area (TPSA) is 63.7 Å². The zero-order valence-corrected chi connectivity index (χ0v) is 7.96. The van der Waals surface area contributed by atoms with Crippen LogP contribution in [-0.4, -0.2) is 37.2 Å². The van der Waals surface area contributed by atoms with Gasteiger partial charge in [-0.25, -0.2) is 13.2 Å². The molecular weight excluding hydrogens is 182 g/mol. The molecule has 0 saturated carbocycles. The summed E-state index contributed by atoms with van der Waals surface area (Å²) in [6.07, 6.45) is -0.805. The van der Waals surface area contributed by atoms with E-state index >= 15 is 0 Å². The van der Waals surface area contributed by atoms with Gasteiger partial charge in [0.25, 0.3) is 0 Å². The average molecular weight is 193 g/mol. The molecule has 1 aliphatic rings. The van der Waals surface area contributed by atoms with Gasteiger partial charge in [0.1, 0.15) is 0 Å². The molecule has 0 spiro atoms. The van der Waals surface area contributed by atoms with E-state index in [0.29, 0.717) is 0 Å². The minimum atomic E-state index is -3.40. The molecule has 1 amide bonds. The molecule has 0 bridgehead atoms. The molecule has 5 nitrogen and oxygen atoms in total. The molecule has 2 atom stereocenters. The first kappa shape index (κ1) is 9.31.